The molecule has 0 radical (unpaired) electrons. The summed E-state index contributed by atoms with van der Waals surface area (Å²) < 4.78 is 1.94. The van der Waals surface area contributed by atoms with Gasteiger partial charge >= 0.3 is 0 Å². The molecule has 1 heterocycles. The lowest BCUT2D eigenvalue weighted by atomic mass is 9.96. The second-order valence-corrected chi connectivity index (χ2v) is 8.47. The molecule has 1 amide bonds. The second kappa shape index (κ2) is 9.94. The number of hydrogen-bond donors (Lipinski definition) is 1. The summed E-state index contributed by atoms with van der Waals surface area (Å²) in [6.45, 7) is 6.29. The van der Waals surface area contributed by atoms with E-state index in [4.69, 9.17) is 11.6 Å². The van der Waals surface area contributed by atoms with E-state index in [1.165, 1.54) is 17.3 Å². The largest absolute Gasteiger partial charge is 0.348 e. The third-order valence-electron chi connectivity index (χ3n) is 4.69. The highest BCUT2D eigenvalue weighted by Crippen LogP contribution is 2.25. The fourth-order valence-corrected chi connectivity index (χ4v) is 4.04. The number of halogens is 1. The van der Waals surface area contributed by atoms with Crippen LogP contribution < -0.4 is 5.32 Å². The van der Waals surface area contributed by atoms with Crippen molar-refractivity contribution in [2.45, 2.75) is 38.4 Å². The molecule has 29 heavy (non-hydrogen) atoms. The first-order valence-electron chi connectivity index (χ1n) is 9.65. The highest BCUT2D eigenvalue weighted by atomic mass is 35.5. The molecule has 0 aliphatic carbocycles. The van der Waals surface area contributed by atoms with Gasteiger partial charge in [-0.25, -0.2) is 0 Å². The Hall–Kier alpha value is -2.31. The van der Waals surface area contributed by atoms with Gasteiger partial charge in [0, 0.05) is 5.02 Å². The Bertz CT molecular complexity index is 955. The van der Waals surface area contributed by atoms with Crippen molar-refractivity contribution in [1.29, 1.82) is 0 Å². The number of nitrogens with one attached hydrogen (secondary N) is 1. The van der Waals surface area contributed by atoms with Crippen molar-refractivity contribution in [2.24, 2.45) is 5.92 Å². The molecular weight excluding hydrogens is 404 g/mol. The quantitative estimate of drug-likeness (QED) is 0.508. The van der Waals surface area contributed by atoms with Gasteiger partial charge in [0.05, 0.1) is 17.5 Å². The zero-order valence-corrected chi connectivity index (χ0v) is 18.4. The number of rotatable bonds is 8. The molecule has 0 spiro atoms. The molecule has 0 bridgehead atoms. The molecule has 5 nitrogen and oxygen atoms in total. The lowest BCUT2D eigenvalue weighted by Crippen LogP contribution is -2.33. The lowest BCUT2D eigenvalue weighted by Gasteiger charge is -2.23. The van der Waals surface area contributed by atoms with Crippen molar-refractivity contribution in [3.8, 4) is 5.69 Å². The van der Waals surface area contributed by atoms with Crippen LogP contribution in [-0.2, 0) is 11.2 Å². The number of benzene rings is 2. The van der Waals surface area contributed by atoms with Crippen molar-refractivity contribution in [3.63, 3.8) is 0 Å². The van der Waals surface area contributed by atoms with Crippen molar-refractivity contribution in [1.82, 2.24) is 20.1 Å². The molecule has 1 atom stereocenters. The Labute approximate surface area is 180 Å². The van der Waals surface area contributed by atoms with E-state index in [2.05, 4.69) is 42.4 Å². The van der Waals surface area contributed by atoms with Gasteiger partial charge in [-0.2, -0.15) is 0 Å². The molecule has 0 fully saturated rings. The minimum atomic E-state index is -0.0703. The molecule has 0 aliphatic rings. The molecule has 3 aromatic rings. The van der Waals surface area contributed by atoms with Gasteiger partial charge in [-0.15, -0.1) is 10.2 Å². The smallest absolute Gasteiger partial charge is 0.230 e. The van der Waals surface area contributed by atoms with Crippen LogP contribution in [0.3, 0.4) is 0 Å². The average Bonchev–Trinajstić information content (AvgIpc) is 3.19. The van der Waals surface area contributed by atoms with Crippen LogP contribution in [0.2, 0.25) is 5.02 Å². The van der Waals surface area contributed by atoms with Crippen molar-refractivity contribution in [3.05, 3.63) is 71.0 Å². The number of aryl methyl sites for hydroxylation is 1. The van der Waals surface area contributed by atoms with Crippen molar-refractivity contribution < 1.29 is 4.79 Å². The van der Waals surface area contributed by atoms with Crippen LogP contribution in [0.25, 0.3) is 5.69 Å². The number of amides is 1. The lowest BCUT2D eigenvalue weighted by molar-refractivity contribution is -0.119. The molecule has 3 rings (SSSR count). The first-order chi connectivity index (χ1) is 14.0. The van der Waals surface area contributed by atoms with Gasteiger partial charge in [0.15, 0.2) is 5.16 Å². The predicted octanol–water partition coefficient (Wildman–Crippen LogP) is 5.09. The van der Waals surface area contributed by atoms with Gasteiger partial charge in [0.1, 0.15) is 6.33 Å². The van der Waals surface area contributed by atoms with Gasteiger partial charge in [0.25, 0.3) is 0 Å². The number of thioether (sulfide) groups is 1. The minimum absolute atomic E-state index is 0.0398. The summed E-state index contributed by atoms with van der Waals surface area (Å²) in [6, 6.07) is 15.7. The monoisotopic (exact) mass is 428 g/mol. The molecule has 1 aromatic heterocycles. The molecule has 2 aromatic carbocycles. The number of nitrogens with zero attached hydrogens (tertiary/aromatic N) is 3. The Kier molecular flexibility index (Phi) is 7.34. The summed E-state index contributed by atoms with van der Waals surface area (Å²) in [5.74, 6) is 0.483. The van der Waals surface area contributed by atoms with E-state index in [1.807, 2.05) is 47.0 Å². The third kappa shape index (κ3) is 5.40. The molecular formula is C22H25ClN4OS. The minimum Gasteiger partial charge on any atom is -0.348 e. The Morgan fingerprint density at radius 1 is 1.17 bits per heavy atom. The molecule has 0 saturated carbocycles. The zero-order valence-electron chi connectivity index (χ0n) is 16.8. The standard InChI is InChI=1S/C22H25ClN4OS/c1-4-16-7-5-6-8-19(16)27-14-24-26-22(27)29-13-20(28)25-21(15(2)3)17-9-11-18(23)12-10-17/h5-12,14-15,21H,4,13H2,1-3H3,(H,25,28). The van der Waals surface area contributed by atoms with Crippen LogP contribution in [-0.4, -0.2) is 26.4 Å². The number of hydrogen-bond acceptors (Lipinski definition) is 4. The van der Waals surface area contributed by atoms with E-state index in [9.17, 15) is 4.79 Å². The molecule has 1 unspecified atom stereocenters. The zero-order chi connectivity index (χ0) is 20.8. The fraction of sp³-hybridized carbons (Fsp3) is 0.318. The van der Waals surface area contributed by atoms with E-state index >= 15 is 0 Å². The maximum Gasteiger partial charge on any atom is 0.230 e. The molecule has 152 valence electrons. The molecule has 0 aliphatic heterocycles. The number of carbonyl (C=O) groups excluding carboxylic acids is 1. The fourth-order valence-electron chi connectivity index (χ4n) is 3.18. The highest BCUT2D eigenvalue weighted by Gasteiger charge is 2.19. The van der Waals surface area contributed by atoms with Crippen LogP contribution in [0.5, 0.6) is 0 Å². The summed E-state index contributed by atoms with van der Waals surface area (Å²) in [7, 11) is 0. The molecule has 1 N–H and O–H groups in total. The average molecular weight is 429 g/mol. The van der Waals surface area contributed by atoms with Gasteiger partial charge in [0.2, 0.25) is 5.91 Å². The van der Waals surface area contributed by atoms with Crippen LogP contribution in [0.4, 0.5) is 0 Å². The Morgan fingerprint density at radius 3 is 2.59 bits per heavy atom. The van der Waals surface area contributed by atoms with Crippen LogP contribution in [0.1, 0.15) is 37.9 Å². The van der Waals surface area contributed by atoms with Crippen molar-refractivity contribution in [2.75, 3.05) is 5.75 Å². The summed E-state index contributed by atoms with van der Waals surface area (Å²) in [4.78, 5) is 12.6. The first-order valence-corrected chi connectivity index (χ1v) is 11.0. The van der Waals surface area contributed by atoms with Gasteiger partial charge in [-0.05, 0) is 41.7 Å². The van der Waals surface area contributed by atoms with E-state index in [0.29, 0.717) is 10.2 Å². The van der Waals surface area contributed by atoms with Gasteiger partial charge < -0.3 is 5.32 Å². The highest BCUT2D eigenvalue weighted by molar-refractivity contribution is 7.99. The van der Waals surface area contributed by atoms with Gasteiger partial charge in [-0.3, -0.25) is 9.36 Å². The second-order valence-electron chi connectivity index (χ2n) is 7.10. The number of aromatic nitrogens is 3. The van der Waals surface area contributed by atoms with Crippen LogP contribution >= 0.6 is 23.4 Å². The summed E-state index contributed by atoms with van der Waals surface area (Å²) in [6.07, 6.45) is 2.61. The summed E-state index contributed by atoms with van der Waals surface area (Å²) in [5.41, 5.74) is 3.30. The molecule has 7 heteroatoms. The van der Waals surface area contributed by atoms with E-state index < -0.39 is 0 Å². The predicted molar refractivity (Wildman–Crippen MR) is 119 cm³/mol. The number of para-hydroxylation sites is 1. The Morgan fingerprint density at radius 2 is 1.90 bits per heavy atom. The van der Waals surface area contributed by atoms with E-state index in [-0.39, 0.29) is 23.6 Å². The molecule has 0 saturated heterocycles. The topological polar surface area (TPSA) is 59.8 Å². The number of carbonyl (C=O) groups is 1. The van der Waals surface area contributed by atoms with Crippen molar-refractivity contribution >= 4 is 29.3 Å². The summed E-state index contributed by atoms with van der Waals surface area (Å²) >= 11 is 7.37. The van der Waals surface area contributed by atoms with E-state index in [1.54, 1.807) is 6.33 Å². The maximum atomic E-state index is 12.6. The normalized spacial score (nSPS) is 12.2. The van der Waals surface area contributed by atoms with Crippen LogP contribution in [0, 0.1) is 5.92 Å². The van der Waals surface area contributed by atoms with Gasteiger partial charge in [-0.1, -0.05) is 74.5 Å². The maximum absolute atomic E-state index is 12.6. The SMILES string of the molecule is CCc1ccccc1-n1cnnc1SCC(=O)NC(c1ccc(Cl)cc1)C(C)C. The van der Waals surface area contributed by atoms with Crippen LogP contribution in [0.15, 0.2) is 60.0 Å². The van der Waals surface area contributed by atoms with E-state index in [0.717, 1.165) is 17.7 Å². The third-order valence-corrected chi connectivity index (χ3v) is 5.89. The summed E-state index contributed by atoms with van der Waals surface area (Å²) in [5, 5.41) is 12.8. The Balaban J connectivity index is 1.68. The first kappa shape index (κ1) is 21.4.